The fraction of sp³-hybridized carbons (Fsp3) is 0.400. The van der Waals surface area contributed by atoms with Crippen LogP contribution >= 0.6 is 0 Å². The number of carbonyl (C=O) groups is 3. The summed E-state index contributed by atoms with van der Waals surface area (Å²) >= 11 is 0. The number of benzene rings is 2. The van der Waals surface area contributed by atoms with Gasteiger partial charge >= 0.3 is 12.1 Å². The number of likely N-dealkylation sites (tertiary alicyclic amines) is 1. The van der Waals surface area contributed by atoms with Gasteiger partial charge in [-0.15, -0.1) is 0 Å². The van der Waals surface area contributed by atoms with Crippen molar-refractivity contribution in [3.05, 3.63) is 59.7 Å². The predicted molar refractivity (Wildman–Crippen MR) is 119 cm³/mol. The second kappa shape index (κ2) is 8.65. The molecule has 0 spiro atoms. The average Bonchev–Trinajstić information content (AvgIpc) is 3.11. The first-order valence-electron chi connectivity index (χ1n) is 10.9. The number of rotatable bonds is 5. The van der Waals surface area contributed by atoms with Crippen molar-refractivity contribution in [1.82, 2.24) is 10.2 Å². The van der Waals surface area contributed by atoms with Crippen molar-refractivity contribution in [2.45, 2.75) is 38.6 Å². The number of alkyl carbamates (subject to hydrolysis) is 1. The van der Waals surface area contributed by atoms with Gasteiger partial charge in [0.1, 0.15) is 12.6 Å². The summed E-state index contributed by atoms with van der Waals surface area (Å²) in [6.07, 6.45) is 0.150. The third kappa shape index (κ3) is 4.07. The topological polar surface area (TPSA) is 95.9 Å². The lowest BCUT2D eigenvalue weighted by Crippen LogP contribution is -2.51. The first kappa shape index (κ1) is 21.9. The Bertz CT molecular complexity index is 997. The Hall–Kier alpha value is -3.35. The van der Waals surface area contributed by atoms with Crippen LogP contribution in [0.3, 0.4) is 0 Å². The van der Waals surface area contributed by atoms with E-state index in [1.54, 1.807) is 18.7 Å². The molecule has 2 aliphatic rings. The molecular formula is C25H28N2O5. The van der Waals surface area contributed by atoms with Crippen molar-refractivity contribution in [3.8, 4) is 11.1 Å². The fourth-order valence-corrected chi connectivity index (χ4v) is 4.59. The number of carboxylic acids is 1. The standard InChI is InChI=1S/C25H28N2O5/c1-16(22(28)27-13-11-25(2,12-14-27)23(29)30)26-24(31)32-15-21-19-9-5-3-7-17(19)18-8-4-6-10-20(18)21/h3-10,16,21H,11-15H2,1-2H3,(H,26,31)(H,29,30)/t16-/m1/s1. The monoisotopic (exact) mass is 436 g/mol. The van der Waals surface area contributed by atoms with E-state index in [0.717, 1.165) is 22.3 Å². The number of fused-ring (bicyclic) bond motifs is 3. The van der Waals surface area contributed by atoms with Crippen LogP contribution in [0.1, 0.15) is 43.7 Å². The Balaban J connectivity index is 1.33. The summed E-state index contributed by atoms with van der Waals surface area (Å²) in [6, 6.07) is 15.4. The van der Waals surface area contributed by atoms with Crippen LogP contribution in [-0.2, 0) is 14.3 Å². The molecule has 0 unspecified atom stereocenters. The number of aliphatic carboxylic acids is 1. The number of hydrogen-bond donors (Lipinski definition) is 2. The molecule has 7 heteroatoms. The zero-order valence-corrected chi connectivity index (χ0v) is 18.3. The molecule has 2 amide bonds. The molecule has 168 valence electrons. The molecule has 0 radical (unpaired) electrons. The Morgan fingerprint density at radius 2 is 1.59 bits per heavy atom. The molecule has 1 atom stereocenters. The summed E-state index contributed by atoms with van der Waals surface area (Å²) < 4.78 is 5.51. The molecule has 1 fully saturated rings. The van der Waals surface area contributed by atoms with E-state index in [-0.39, 0.29) is 18.4 Å². The maximum atomic E-state index is 12.7. The Morgan fingerprint density at radius 3 is 2.12 bits per heavy atom. The fourth-order valence-electron chi connectivity index (χ4n) is 4.59. The number of amides is 2. The van der Waals surface area contributed by atoms with Crippen LogP contribution < -0.4 is 5.32 Å². The van der Waals surface area contributed by atoms with Crippen molar-refractivity contribution in [1.29, 1.82) is 0 Å². The molecule has 0 saturated carbocycles. The van der Waals surface area contributed by atoms with Gasteiger partial charge in [0.2, 0.25) is 5.91 Å². The molecule has 7 nitrogen and oxygen atoms in total. The molecule has 0 aromatic heterocycles. The number of hydrogen-bond acceptors (Lipinski definition) is 4. The molecular weight excluding hydrogens is 408 g/mol. The lowest BCUT2D eigenvalue weighted by Gasteiger charge is -2.37. The second-order valence-electron chi connectivity index (χ2n) is 8.88. The molecule has 1 aliphatic carbocycles. The van der Waals surface area contributed by atoms with Crippen molar-refractivity contribution < 1.29 is 24.2 Å². The molecule has 4 rings (SSSR count). The molecule has 0 bridgehead atoms. The summed E-state index contributed by atoms with van der Waals surface area (Å²) in [7, 11) is 0. The lowest BCUT2D eigenvalue weighted by molar-refractivity contribution is -0.153. The predicted octanol–water partition coefficient (Wildman–Crippen LogP) is 3.63. The van der Waals surface area contributed by atoms with E-state index >= 15 is 0 Å². The van der Waals surface area contributed by atoms with Gasteiger partial charge < -0.3 is 20.1 Å². The number of ether oxygens (including phenoxy) is 1. The quantitative estimate of drug-likeness (QED) is 0.746. The summed E-state index contributed by atoms with van der Waals surface area (Å²) in [5.74, 6) is -1.12. The van der Waals surface area contributed by atoms with E-state index in [1.807, 2.05) is 24.3 Å². The summed E-state index contributed by atoms with van der Waals surface area (Å²) in [5.41, 5.74) is 3.75. The molecule has 2 aromatic rings. The van der Waals surface area contributed by atoms with Gasteiger partial charge in [-0.1, -0.05) is 48.5 Å². The SMILES string of the molecule is C[C@@H](NC(=O)OCC1c2ccccc2-c2ccccc21)C(=O)N1CCC(C)(C(=O)O)CC1. The normalized spacial score (nSPS) is 17.8. The summed E-state index contributed by atoms with van der Waals surface area (Å²) in [6.45, 7) is 4.22. The maximum absolute atomic E-state index is 12.7. The van der Waals surface area contributed by atoms with E-state index in [2.05, 4.69) is 29.6 Å². The van der Waals surface area contributed by atoms with Gasteiger partial charge in [-0.2, -0.15) is 0 Å². The van der Waals surface area contributed by atoms with Gasteiger partial charge in [-0.25, -0.2) is 4.79 Å². The van der Waals surface area contributed by atoms with E-state index in [0.29, 0.717) is 25.9 Å². The van der Waals surface area contributed by atoms with E-state index in [1.165, 1.54) is 0 Å². The van der Waals surface area contributed by atoms with E-state index < -0.39 is 23.5 Å². The van der Waals surface area contributed by atoms with Crippen LogP contribution in [0.25, 0.3) is 11.1 Å². The molecule has 1 saturated heterocycles. The highest BCUT2D eigenvalue weighted by Crippen LogP contribution is 2.44. The number of nitrogens with zero attached hydrogens (tertiary/aromatic N) is 1. The number of nitrogens with one attached hydrogen (secondary N) is 1. The largest absolute Gasteiger partial charge is 0.481 e. The van der Waals surface area contributed by atoms with Crippen LogP contribution in [0.5, 0.6) is 0 Å². The van der Waals surface area contributed by atoms with Crippen molar-refractivity contribution in [3.63, 3.8) is 0 Å². The van der Waals surface area contributed by atoms with Crippen LogP contribution in [0.15, 0.2) is 48.5 Å². The van der Waals surface area contributed by atoms with Gasteiger partial charge in [-0.3, -0.25) is 9.59 Å². The Kier molecular flexibility index (Phi) is 5.91. The maximum Gasteiger partial charge on any atom is 0.407 e. The zero-order chi connectivity index (χ0) is 22.9. The third-order valence-electron chi connectivity index (χ3n) is 6.74. The van der Waals surface area contributed by atoms with Crippen molar-refractivity contribution >= 4 is 18.0 Å². The lowest BCUT2D eigenvalue weighted by atomic mass is 9.80. The van der Waals surface area contributed by atoms with Gasteiger partial charge in [0.25, 0.3) is 0 Å². The minimum absolute atomic E-state index is 0.0463. The minimum atomic E-state index is -0.839. The van der Waals surface area contributed by atoms with E-state index in [9.17, 15) is 19.5 Å². The average molecular weight is 437 g/mol. The minimum Gasteiger partial charge on any atom is -0.481 e. The first-order chi connectivity index (χ1) is 15.3. The highest BCUT2D eigenvalue weighted by molar-refractivity contribution is 5.86. The van der Waals surface area contributed by atoms with Crippen LogP contribution in [0.2, 0.25) is 0 Å². The zero-order valence-electron chi connectivity index (χ0n) is 18.3. The molecule has 2 aromatic carbocycles. The highest BCUT2D eigenvalue weighted by atomic mass is 16.5. The molecule has 1 aliphatic heterocycles. The smallest absolute Gasteiger partial charge is 0.407 e. The van der Waals surface area contributed by atoms with Gasteiger partial charge in [-0.05, 0) is 48.9 Å². The molecule has 32 heavy (non-hydrogen) atoms. The van der Waals surface area contributed by atoms with Crippen molar-refractivity contribution in [2.24, 2.45) is 5.41 Å². The van der Waals surface area contributed by atoms with Gasteiger partial charge in [0, 0.05) is 19.0 Å². The van der Waals surface area contributed by atoms with Crippen LogP contribution in [0, 0.1) is 5.41 Å². The van der Waals surface area contributed by atoms with Crippen LogP contribution in [-0.4, -0.2) is 53.7 Å². The van der Waals surface area contributed by atoms with Crippen LogP contribution in [0.4, 0.5) is 4.79 Å². The highest BCUT2D eigenvalue weighted by Gasteiger charge is 2.39. The number of carbonyl (C=O) groups excluding carboxylic acids is 2. The van der Waals surface area contributed by atoms with E-state index in [4.69, 9.17) is 4.74 Å². The summed E-state index contributed by atoms with van der Waals surface area (Å²) in [5, 5.41) is 12.0. The number of piperidine rings is 1. The van der Waals surface area contributed by atoms with Crippen molar-refractivity contribution in [2.75, 3.05) is 19.7 Å². The third-order valence-corrected chi connectivity index (χ3v) is 6.74. The van der Waals surface area contributed by atoms with Gasteiger partial charge in [0.15, 0.2) is 0 Å². The second-order valence-corrected chi connectivity index (χ2v) is 8.88. The first-order valence-corrected chi connectivity index (χ1v) is 10.9. The summed E-state index contributed by atoms with van der Waals surface area (Å²) in [4.78, 5) is 38.1. The number of carboxylic acid groups (broad SMARTS) is 1. The Labute approximate surface area is 187 Å². The molecule has 2 N–H and O–H groups in total. The molecule has 1 heterocycles. The van der Waals surface area contributed by atoms with Gasteiger partial charge in [0.05, 0.1) is 5.41 Å². The Morgan fingerprint density at radius 1 is 1.06 bits per heavy atom.